The van der Waals surface area contributed by atoms with Gasteiger partial charge in [-0.15, -0.1) is 0 Å². The third-order valence-electron chi connectivity index (χ3n) is 6.56. The van der Waals surface area contributed by atoms with E-state index in [2.05, 4.69) is 11.0 Å². The molecule has 34 heavy (non-hydrogen) atoms. The van der Waals surface area contributed by atoms with Crippen LogP contribution in [0, 0.1) is 6.92 Å². The molecule has 0 aromatic heterocycles. The van der Waals surface area contributed by atoms with Gasteiger partial charge in [-0.2, -0.15) is 0 Å². The second kappa shape index (κ2) is 9.96. The number of hydrogen-bond donors (Lipinski definition) is 0. The van der Waals surface area contributed by atoms with E-state index in [0.29, 0.717) is 29.7 Å². The Kier molecular flexibility index (Phi) is 7.37. The van der Waals surface area contributed by atoms with Gasteiger partial charge in [-0.3, -0.25) is 4.79 Å². The molecule has 2 aromatic carbocycles. The van der Waals surface area contributed by atoms with Crippen molar-refractivity contribution in [3.8, 4) is 11.5 Å². The molecule has 2 heterocycles. The first kappa shape index (κ1) is 25.2. The first-order chi connectivity index (χ1) is 16.0. The number of esters is 1. The normalized spacial score (nSPS) is 17.4. The van der Waals surface area contributed by atoms with Crippen molar-refractivity contribution in [2.75, 3.05) is 26.2 Å². The predicted molar refractivity (Wildman–Crippen MR) is 135 cm³/mol. The van der Waals surface area contributed by atoms with Crippen LogP contribution in [0.5, 0.6) is 11.5 Å². The molecule has 0 aliphatic carbocycles. The largest absolute Gasteiger partial charge is 0.492 e. The first-order valence-electron chi connectivity index (χ1n) is 11.8. The Morgan fingerprint density at radius 1 is 1.12 bits per heavy atom. The molecule has 5 nitrogen and oxygen atoms in total. The van der Waals surface area contributed by atoms with E-state index in [1.54, 1.807) is 0 Å². The van der Waals surface area contributed by atoms with Crippen molar-refractivity contribution in [2.24, 2.45) is 0 Å². The van der Waals surface area contributed by atoms with Crippen LogP contribution in [0.2, 0.25) is 10.0 Å². The fourth-order valence-electron chi connectivity index (χ4n) is 4.73. The summed E-state index contributed by atoms with van der Waals surface area (Å²) in [6, 6.07) is 9.88. The van der Waals surface area contributed by atoms with Crippen molar-refractivity contribution in [3.05, 3.63) is 57.1 Å². The Hall–Kier alpha value is -1.95. The van der Waals surface area contributed by atoms with E-state index in [1.807, 2.05) is 52.0 Å². The number of likely N-dealkylation sites (tertiary alicyclic amines) is 1. The standard InChI is InChI=1S/C27H33Cl2NO4/c1-18-13-22(28)20(23(29)14-18)16-32-19-5-6-21-24(15-19)33-17-27(21)8-11-30(12-9-27)10-7-25(31)34-26(2,3)4/h5-6,13-15H,7-12,16-17H2,1-4H3. The molecular weight excluding hydrogens is 473 g/mol. The van der Waals surface area contributed by atoms with Crippen molar-refractivity contribution in [3.63, 3.8) is 0 Å². The van der Waals surface area contributed by atoms with E-state index in [4.69, 9.17) is 37.4 Å². The summed E-state index contributed by atoms with van der Waals surface area (Å²) in [5.74, 6) is 1.49. The zero-order valence-electron chi connectivity index (χ0n) is 20.4. The minimum absolute atomic E-state index is 0.0276. The highest BCUT2D eigenvalue weighted by molar-refractivity contribution is 6.36. The van der Waals surface area contributed by atoms with Gasteiger partial charge in [0.25, 0.3) is 0 Å². The molecule has 0 N–H and O–H groups in total. The van der Waals surface area contributed by atoms with Crippen molar-refractivity contribution >= 4 is 29.2 Å². The van der Waals surface area contributed by atoms with Crippen LogP contribution in [-0.2, 0) is 21.6 Å². The van der Waals surface area contributed by atoms with E-state index < -0.39 is 5.60 Å². The number of carbonyl (C=O) groups excluding carboxylic acids is 1. The second-order valence-corrected chi connectivity index (χ2v) is 11.2. The topological polar surface area (TPSA) is 48.0 Å². The Morgan fingerprint density at radius 3 is 2.44 bits per heavy atom. The molecule has 0 amide bonds. The zero-order valence-corrected chi connectivity index (χ0v) is 21.9. The van der Waals surface area contributed by atoms with Crippen molar-refractivity contribution in [1.29, 1.82) is 0 Å². The summed E-state index contributed by atoms with van der Waals surface area (Å²) in [4.78, 5) is 14.4. The number of hydrogen-bond acceptors (Lipinski definition) is 5. The van der Waals surface area contributed by atoms with Crippen molar-refractivity contribution in [2.45, 2.75) is 64.6 Å². The molecule has 0 bridgehead atoms. The average molecular weight is 506 g/mol. The summed E-state index contributed by atoms with van der Waals surface area (Å²) in [5.41, 5.74) is 2.64. The molecule has 7 heteroatoms. The molecule has 0 atom stereocenters. The van der Waals surface area contributed by atoms with Gasteiger partial charge in [-0.05, 0) is 77.4 Å². The fraction of sp³-hybridized carbons (Fsp3) is 0.519. The number of piperidine rings is 1. The smallest absolute Gasteiger partial charge is 0.307 e. The maximum atomic E-state index is 12.0. The van der Waals surface area contributed by atoms with Gasteiger partial charge in [0, 0.05) is 39.2 Å². The van der Waals surface area contributed by atoms with Gasteiger partial charge in [0.05, 0.1) is 13.0 Å². The molecule has 4 rings (SSSR count). The van der Waals surface area contributed by atoms with Gasteiger partial charge in [0.15, 0.2) is 0 Å². The fourth-order valence-corrected chi connectivity index (χ4v) is 5.43. The lowest BCUT2D eigenvalue weighted by molar-refractivity contribution is -0.155. The lowest BCUT2D eigenvalue weighted by Gasteiger charge is -2.38. The molecule has 1 fully saturated rings. The Bertz CT molecular complexity index is 1030. The summed E-state index contributed by atoms with van der Waals surface area (Å²) in [5, 5.41) is 1.22. The average Bonchev–Trinajstić information content (AvgIpc) is 3.09. The number of fused-ring (bicyclic) bond motifs is 2. The third-order valence-corrected chi connectivity index (χ3v) is 7.24. The van der Waals surface area contributed by atoms with E-state index in [9.17, 15) is 4.79 Å². The SMILES string of the molecule is Cc1cc(Cl)c(COc2ccc3c(c2)OCC32CCN(CCC(=O)OC(C)(C)C)CC2)c(Cl)c1. The number of halogens is 2. The minimum atomic E-state index is -0.435. The lowest BCUT2D eigenvalue weighted by atomic mass is 9.74. The van der Waals surface area contributed by atoms with Crippen LogP contribution in [0.15, 0.2) is 30.3 Å². The van der Waals surface area contributed by atoms with Gasteiger partial charge in [-0.1, -0.05) is 29.3 Å². The molecule has 2 aliphatic heterocycles. The highest BCUT2D eigenvalue weighted by atomic mass is 35.5. The highest BCUT2D eigenvalue weighted by Gasteiger charge is 2.43. The van der Waals surface area contributed by atoms with Crippen LogP contribution in [0.1, 0.15) is 56.7 Å². The Morgan fingerprint density at radius 2 is 1.79 bits per heavy atom. The third kappa shape index (κ3) is 5.81. The number of rotatable bonds is 6. The maximum absolute atomic E-state index is 12.0. The number of aryl methyl sites for hydroxylation is 1. The van der Waals surface area contributed by atoms with Gasteiger partial charge >= 0.3 is 5.97 Å². The first-order valence-corrected chi connectivity index (χ1v) is 12.6. The van der Waals surface area contributed by atoms with Crippen LogP contribution in [-0.4, -0.2) is 42.7 Å². The Labute approximate surface area is 212 Å². The number of nitrogens with zero attached hydrogens (tertiary/aromatic N) is 1. The van der Waals surface area contributed by atoms with Crippen LogP contribution >= 0.6 is 23.2 Å². The van der Waals surface area contributed by atoms with Crippen LogP contribution in [0.3, 0.4) is 0 Å². The molecule has 1 spiro atoms. The van der Waals surface area contributed by atoms with Gasteiger partial charge in [-0.25, -0.2) is 0 Å². The molecule has 1 saturated heterocycles. The van der Waals surface area contributed by atoms with E-state index in [-0.39, 0.29) is 11.4 Å². The molecule has 0 unspecified atom stereocenters. The van der Waals surface area contributed by atoms with Crippen molar-refractivity contribution in [1.82, 2.24) is 4.90 Å². The molecule has 0 radical (unpaired) electrons. The van der Waals surface area contributed by atoms with E-state index in [1.165, 1.54) is 5.56 Å². The second-order valence-electron chi connectivity index (χ2n) is 10.4. The van der Waals surface area contributed by atoms with E-state index in [0.717, 1.165) is 55.1 Å². The number of ether oxygens (including phenoxy) is 3. The summed E-state index contributed by atoms with van der Waals surface area (Å²) >= 11 is 12.7. The van der Waals surface area contributed by atoms with Crippen molar-refractivity contribution < 1.29 is 19.0 Å². The van der Waals surface area contributed by atoms with Crippen LogP contribution < -0.4 is 9.47 Å². The summed E-state index contributed by atoms with van der Waals surface area (Å²) in [6.45, 7) is 11.2. The van der Waals surface area contributed by atoms with Gasteiger partial charge in [0.2, 0.25) is 0 Å². The molecule has 184 valence electrons. The zero-order chi connectivity index (χ0) is 24.5. The number of benzene rings is 2. The lowest BCUT2D eigenvalue weighted by Crippen LogP contribution is -2.44. The summed E-state index contributed by atoms with van der Waals surface area (Å²) < 4.78 is 17.5. The highest BCUT2D eigenvalue weighted by Crippen LogP contribution is 2.46. The maximum Gasteiger partial charge on any atom is 0.307 e. The van der Waals surface area contributed by atoms with E-state index >= 15 is 0 Å². The summed E-state index contributed by atoms with van der Waals surface area (Å²) in [6.07, 6.45) is 2.43. The molecule has 2 aromatic rings. The Balaban J connectivity index is 1.34. The minimum Gasteiger partial charge on any atom is -0.492 e. The monoisotopic (exact) mass is 505 g/mol. The molecular formula is C27H33Cl2NO4. The molecule has 2 aliphatic rings. The molecule has 0 saturated carbocycles. The quantitative estimate of drug-likeness (QED) is 0.428. The van der Waals surface area contributed by atoms with Crippen LogP contribution in [0.4, 0.5) is 0 Å². The van der Waals surface area contributed by atoms with Crippen LogP contribution in [0.25, 0.3) is 0 Å². The van der Waals surface area contributed by atoms with Gasteiger partial charge < -0.3 is 19.1 Å². The predicted octanol–water partition coefficient (Wildman–Crippen LogP) is 6.34. The number of carbonyl (C=O) groups is 1. The summed E-state index contributed by atoms with van der Waals surface area (Å²) in [7, 11) is 0. The van der Waals surface area contributed by atoms with Gasteiger partial charge in [0.1, 0.15) is 23.7 Å².